The molecule has 0 aromatic heterocycles. The molecule has 1 unspecified atom stereocenters. The summed E-state index contributed by atoms with van der Waals surface area (Å²) in [4.78, 5) is 11.1. The maximum atomic E-state index is 11.1. The smallest absolute Gasteiger partial charge is 0.236 e. The summed E-state index contributed by atoms with van der Waals surface area (Å²) in [5, 5.41) is 2.77. The van der Waals surface area contributed by atoms with E-state index in [0.29, 0.717) is 6.54 Å². The summed E-state index contributed by atoms with van der Waals surface area (Å²) >= 11 is 3.37. The second-order valence-corrected chi connectivity index (χ2v) is 4.37. The van der Waals surface area contributed by atoms with Gasteiger partial charge in [0.1, 0.15) is 0 Å². The van der Waals surface area contributed by atoms with Gasteiger partial charge in [-0.25, -0.2) is 0 Å². The van der Waals surface area contributed by atoms with Crippen molar-refractivity contribution in [2.75, 3.05) is 6.54 Å². The first-order chi connectivity index (χ1) is 7.09. The molecule has 0 radical (unpaired) electrons. The van der Waals surface area contributed by atoms with Gasteiger partial charge in [0.15, 0.2) is 0 Å². The molecule has 3 N–H and O–H groups in total. The highest BCUT2D eigenvalue weighted by atomic mass is 79.9. The van der Waals surface area contributed by atoms with Gasteiger partial charge in [-0.1, -0.05) is 28.1 Å². The zero-order valence-electron chi connectivity index (χ0n) is 9.07. The molecule has 0 aliphatic carbocycles. The molecule has 0 fully saturated rings. The zero-order chi connectivity index (χ0) is 11.3. The number of hydrogen-bond acceptors (Lipinski definition) is 2. The van der Waals surface area contributed by atoms with Crippen molar-refractivity contribution < 1.29 is 4.79 Å². The second kappa shape index (κ2) is 7.65. The lowest BCUT2D eigenvalue weighted by molar-refractivity contribution is -0.121. The number of benzene rings is 1. The molecule has 16 heavy (non-hydrogen) atoms. The number of rotatable bonds is 4. The van der Waals surface area contributed by atoms with Gasteiger partial charge in [-0.2, -0.15) is 0 Å². The van der Waals surface area contributed by atoms with Gasteiger partial charge in [-0.15, -0.1) is 12.4 Å². The van der Waals surface area contributed by atoms with E-state index in [1.807, 2.05) is 24.3 Å². The van der Waals surface area contributed by atoms with Gasteiger partial charge < -0.3 is 11.1 Å². The Morgan fingerprint density at radius 2 is 2.00 bits per heavy atom. The van der Waals surface area contributed by atoms with Gasteiger partial charge in [0.25, 0.3) is 0 Å². The van der Waals surface area contributed by atoms with E-state index in [0.717, 1.165) is 10.9 Å². The standard InChI is InChI=1S/C11H15BrN2O.ClH/c1-8(13)11(15)14-7-6-9-2-4-10(12)5-3-9;/h2-5,8H,6-7,13H2,1H3,(H,14,15);1H. The van der Waals surface area contributed by atoms with Crippen LogP contribution in [0.15, 0.2) is 28.7 Å². The average Bonchev–Trinajstić information content (AvgIpc) is 2.20. The molecule has 0 bridgehead atoms. The van der Waals surface area contributed by atoms with Crippen molar-refractivity contribution in [1.29, 1.82) is 0 Å². The van der Waals surface area contributed by atoms with Gasteiger partial charge in [-0.3, -0.25) is 4.79 Å². The Hall–Kier alpha value is -0.580. The molecule has 1 aromatic rings. The molecule has 1 amide bonds. The van der Waals surface area contributed by atoms with Crippen molar-refractivity contribution >= 4 is 34.2 Å². The van der Waals surface area contributed by atoms with Gasteiger partial charge in [0.2, 0.25) is 5.91 Å². The normalized spacial score (nSPS) is 11.4. The highest BCUT2D eigenvalue weighted by molar-refractivity contribution is 9.10. The molecule has 0 saturated carbocycles. The SMILES string of the molecule is CC(N)C(=O)NCCc1ccc(Br)cc1.Cl. The van der Waals surface area contributed by atoms with Gasteiger partial charge in [-0.05, 0) is 31.0 Å². The van der Waals surface area contributed by atoms with E-state index in [1.54, 1.807) is 6.92 Å². The predicted molar refractivity (Wildman–Crippen MR) is 71.8 cm³/mol. The van der Waals surface area contributed by atoms with Crippen LogP contribution in [-0.2, 0) is 11.2 Å². The van der Waals surface area contributed by atoms with Gasteiger partial charge in [0.05, 0.1) is 6.04 Å². The van der Waals surface area contributed by atoms with E-state index < -0.39 is 6.04 Å². The van der Waals surface area contributed by atoms with E-state index in [9.17, 15) is 4.79 Å². The molecule has 3 nitrogen and oxygen atoms in total. The summed E-state index contributed by atoms with van der Waals surface area (Å²) in [5.41, 5.74) is 6.61. The molecule has 0 aliphatic heterocycles. The number of amides is 1. The second-order valence-electron chi connectivity index (χ2n) is 3.46. The molecule has 90 valence electrons. The average molecular weight is 308 g/mol. The maximum absolute atomic E-state index is 11.1. The number of hydrogen-bond donors (Lipinski definition) is 2. The van der Waals surface area contributed by atoms with Crippen LogP contribution >= 0.6 is 28.3 Å². The largest absolute Gasteiger partial charge is 0.354 e. The van der Waals surface area contributed by atoms with Crippen LogP contribution in [0.4, 0.5) is 0 Å². The third-order valence-corrected chi connectivity index (χ3v) is 2.57. The van der Waals surface area contributed by atoms with Gasteiger partial charge in [0, 0.05) is 11.0 Å². The molecule has 0 saturated heterocycles. The molecule has 1 rings (SSSR count). The lowest BCUT2D eigenvalue weighted by Gasteiger charge is -2.07. The Bertz CT molecular complexity index is 327. The van der Waals surface area contributed by atoms with Crippen LogP contribution in [0.1, 0.15) is 12.5 Å². The number of halogens is 2. The molecule has 1 aromatic carbocycles. The number of nitrogens with one attached hydrogen (secondary N) is 1. The summed E-state index contributed by atoms with van der Waals surface area (Å²) < 4.78 is 1.06. The van der Waals surface area contributed by atoms with Crippen LogP contribution in [0.5, 0.6) is 0 Å². The predicted octanol–water partition coefficient (Wildman–Crippen LogP) is 1.88. The minimum Gasteiger partial charge on any atom is -0.354 e. The Morgan fingerprint density at radius 3 is 2.50 bits per heavy atom. The summed E-state index contributed by atoms with van der Waals surface area (Å²) in [7, 11) is 0. The number of nitrogens with two attached hydrogens (primary N) is 1. The quantitative estimate of drug-likeness (QED) is 0.892. The first-order valence-electron chi connectivity index (χ1n) is 4.87. The fourth-order valence-corrected chi connectivity index (χ4v) is 1.41. The van der Waals surface area contributed by atoms with Crippen molar-refractivity contribution in [3.05, 3.63) is 34.3 Å². The van der Waals surface area contributed by atoms with E-state index in [-0.39, 0.29) is 18.3 Å². The Kier molecular flexibility index (Phi) is 7.38. The fraction of sp³-hybridized carbons (Fsp3) is 0.364. The molecular formula is C11H16BrClN2O. The maximum Gasteiger partial charge on any atom is 0.236 e. The highest BCUT2D eigenvalue weighted by Gasteiger charge is 2.05. The Morgan fingerprint density at radius 1 is 1.44 bits per heavy atom. The summed E-state index contributed by atoms with van der Waals surface area (Å²) in [5.74, 6) is -0.105. The summed E-state index contributed by atoms with van der Waals surface area (Å²) in [6.45, 7) is 2.30. The van der Waals surface area contributed by atoms with Crippen LogP contribution in [0.3, 0.4) is 0 Å². The van der Waals surface area contributed by atoms with Crippen molar-refractivity contribution in [3.8, 4) is 0 Å². The molecule has 0 heterocycles. The molecular weight excluding hydrogens is 291 g/mol. The lowest BCUT2D eigenvalue weighted by atomic mass is 10.1. The van der Waals surface area contributed by atoms with Gasteiger partial charge >= 0.3 is 0 Å². The van der Waals surface area contributed by atoms with Crippen LogP contribution in [-0.4, -0.2) is 18.5 Å². The van der Waals surface area contributed by atoms with Crippen LogP contribution in [0, 0.1) is 0 Å². The van der Waals surface area contributed by atoms with Crippen molar-refractivity contribution in [2.45, 2.75) is 19.4 Å². The lowest BCUT2D eigenvalue weighted by Crippen LogP contribution is -2.39. The van der Waals surface area contributed by atoms with Crippen molar-refractivity contribution in [1.82, 2.24) is 5.32 Å². The minimum absolute atomic E-state index is 0. The minimum atomic E-state index is -0.435. The summed E-state index contributed by atoms with van der Waals surface area (Å²) in [6.07, 6.45) is 0.825. The van der Waals surface area contributed by atoms with Crippen LogP contribution in [0.25, 0.3) is 0 Å². The topological polar surface area (TPSA) is 55.1 Å². The Labute approximate surface area is 110 Å². The Balaban J connectivity index is 0.00000225. The number of carbonyl (C=O) groups excluding carboxylic acids is 1. The first kappa shape index (κ1) is 15.4. The van der Waals surface area contributed by atoms with Crippen molar-refractivity contribution in [2.24, 2.45) is 5.73 Å². The van der Waals surface area contributed by atoms with Crippen LogP contribution < -0.4 is 11.1 Å². The zero-order valence-corrected chi connectivity index (χ0v) is 11.5. The molecule has 5 heteroatoms. The fourth-order valence-electron chi connectivity index (χ4n) is 1.14. The summed E-state index contributed by atoms with van der Waals surface area (Å²) in [6, 6.07) is 7.60. The molecule has 0 spiro atoms. The van der Waals surface area contributed by atoms with E-state index in [2.05, 4.69) is 21.2 Å². The van der Waals surface area contributed by atoms with E-state index in [4.69, 9.17) is 5.73 Å². The molecule has 1 atom stereocenters. The first-order valence-corrected chi connectivity index (χ1v) is 5.66. The van der Waals surface area contributed by atoms with Crippen LogP contribution in [0.2, 0.25) is 0 Å². The van der Waals surface area contributed by atoms with Crippen molar-refractivity contribution in [3.63, 3.8) is 0 Å². The third-order valence-electron chi connectivity index (χ3n) is 2.04. The van der Waals surface area contributed by atoms with E-state index >= 15 is 0 Å². The third kappa shape index (κ3) is 5.49. The number of carbonyl (C=O) groups is 1. The highest BCUT2D eigenvalue weighted by Crippen LogP contribution is 2.10. The van der Waals surface area contributed by atoms with E-state index in [1.165, 1.54) is 5.56 Å². The molecule has 0 aliphatic rings. The monoisotopic (exact) mass is 306 g/mol.